The first kappa shape index (κ1) is 12.2. The minimum atomic E-state index is -0.294. The van der Waals surface area contributed by atoms with Crippen LogP contribution >= 0.6 is 0 Å². The number of furan rings is 1. The van der Waals surface area contributed by atoms with E-state index in [2.05, 4.69) is 10.3 Å². The van der Waals surface area contributed by atoms with Crippen LogP contribution in [0.5, 0.6) is 0 Å². The Balaban J connectivity index is 1.74. The molecule has 0 aliphatic carbocycles. The van der Waals surface area contributed by atoms with Crippen molar-refractivity contribution in [2.45, 2.75) is 0 Å². The summed E-state index contributed by atoms with van der Waals surface area (Å²) < 4.78 is 4.98. The Morgan fingerprint density at radius 1 is 1.15 bits per heavy atom. The molecule has 0 fully saturated rings. The zero-order valence-corrected chi connectivity index (χ0v) is 10.6. The molecule has 0 radical (unpaired) electrons. The second-order valence-corrected chi connectivity index (χ2v) is 4.33. The zero-order chi connectivity index (χ0) is 13.9. The van der Waals surface area contributed by atoms with Crippen molar-refractivity contribution in [2.24, 2.45) is 0 Å². The Morgan fingerprint density at radius 2 is 2.05 bits per heavy atom. The van der Waals surface area contributed by atoms with Gasteiger partial charge in [0, 0.05) is 11.6 Å². The summed E-state index contributed by atoms with van der Waals surface area (Å²) in [6.45, 7) is -0.0938. The van der Waals surface area contributed by atoms with E-state index in [0.29, 0.717) is 5.56 Å². The molecule has 0 saturated carbocycles. The van der Waals surface area contributed by atoms with Gasteiger partial charge in [-0.25, -0.2) is 0 Å². The third-order valence-corrected chi connectivity index (χ3v) is 3.04. The summed E-state index contributed by atoms with van der Waals surface area (Å²) in [6.07, 6.45) is 3.20. The van der Waals surface area contributed by atoms with Gasteiger partial charge < -0.3 is 14.7 Å². The van der Waals surface area contributed by atoms with Gasteiger partial charge in [-0.1, -0.05) is 12.1 Å². The van der Waals surface area contributed by atoms with Crippen LogP contribution in [0.2, 0.25) is 0 Å². The summed E-state index contributed by atoms with van der Waals surface area (Å²) in [5, 5.41) is 3.55. The molecule has 0 aliphatic rings. The van der Waals surface area contributed by atoms with E-state index < -0.39 is 0 Å². The highest BCUT2D eigenvalue weighted by atomic mass is 16.3. The van der Waals surface area contributed by atoms with Crippen molar-refractivity contribution >= 4 is 22.6 Å². The molecule has 2 heterocycles. The van der Waals surface area contributed by atoms with E-state index in [1.165, 1.54) is 6.26 Å². The van der Waals surface area contributed by atoms with Gasteiger partial charge in [-0.3, -0.25) is 9.59 Å². The maximum Gasteiger partial charge on any atom is 0.253 e. The Hall–Kier alpha value is -2.82. The van der Waals surface area contributed by atoms with Gasteiger partial charge >= 0.3 is 0 Å². The van der Waals surface area contributed by atoms with Gasteiger partial charge in [-0.05, 0) is 24.3 Å². The molecule has 5 heteroatoms. The lowest BCUT2D eigenvalue weighted by atomic mass is 10.1. The fourth-order valence-electron chi connectivity index (χ4n) is 2.05. The van der Waals surface area contributed by atoms with Crippen molar-refractivity contribution in [1.82, 2.24) is 10.3 Å². The number of para-hydroxylation sites is 1. The number of fused-ring (bicyclic) bond motifs is 1. The Labute approximate surface area is 114 Å². The maximum absolute atomic E-state index is 12.1. The lowest BCUT2D eigenvalue weighted by molar-refractivity contribution is 0.0893. The van der Waals surface area contributed by atoms with Crippen LogP contribution in [0.4, 0.5) is 0 Å². The Bertz CT molecular complexity index is 756. The van der Waals surface area contributed by atoms with E-state index in [1.807, 2.05) is 12.1 Å². The number of rotatable bonds is 4. The van der Waals surface area contributed by atoms with E-state index in [-0.39, 0.29) is 24.0 Å². The molecule has 0 aliphatic heterocycles. The van der Waals surface area contributed by atoms with E-state index in [4.69, 9.17) is 4.42 Å². The minimum Gasteiger partial charge on any atom is -0.461 e. The number of hydrogen-bond donors (Lipinski definition) is 2. The second kappa shape index (κ2) is 5.05. The lowest BCUT2D eigenvalue weighted by Crippen LogP contribution is -2.29. The zero-order valence-electron chi connectivity index (χ0n) is 10.6. The molecule has 0 unspecified atom stereocenters. The van der Waals surface area contributed by atoms with Crippen LogP contribution in [0.1, 0.15) is 20.9 Å². The molecule has 0 bridgehead atoms. The smallest absolute Gasteiger partial charge is 0.253 e. The normalized spacial score (nSPS) is 10.6. The highest BCUT2D eigenvalue weighted by Gasteiger charge is 2.14. The number of benzene rings is 1. The average molecular weight is 268 g/mol. The SMILES string of the molecule is O=C(CNC(=O)c1cccc2cc[nH]c12)c1ccco1. The largest absolute Gasteiger partial charge is 0.461 e. The van der Waals surface area contributed by atoms with Crippen molar-refractivity contribution < 1.29 is 14.0 Å². The Kier molecular flexibility index (Phi) is 3.09. The molecule has 3 aromatic rings. The van der Waals surface area contributed by atoms with Crippen LogP contribution in [0.3, 0.4) is 0 Å². The molecule has 0 atom stereocenters. The highest BCUT2D eigenvalue weighted by molar-refractivity contribution is 6.07. The molecule has 2 N–H and O–H groups in total. The molecule has 0 spiro atoms. The molecule has 2 aromatic heterocycles. The quantitative estimate of drug-likeness (QED) is 0.713. The van der Waals surface area contributed by atoms with Gasteiger partial charge in [0.05, 0.1) is 23.9 Å². The van der Waals surface area contributed by atoms with Crippen LogP contribution in [-0.4, -0.2) is 23.2 Å². The van der Waals surface area contributed by atoms with Gasteiger partial charge in [0.15, 0.2) is 5.76 Å². The first-order valence-electron chi connectivity index (χ1n) is 6.17. The van der Waals surface area contributed by atoms with Gasteiger partial charge in [-0.15, -0.1) is 0 Å². The first-order valence-corrected chi connectivity index (χ1v) is 6.17. The average Bonchev–Trinajstić information content (AvgIpc) is 3.13. The number of ketones is 1. The lowest BCUT2D eigenvalue weighted by Gasteiger charge is -2.04. The van der Waals surface area contributed by atoms with Gasteiger partial charge in [-0.2, -0.15) is 0 Å². The van der Waals surface area contributed by atoms with Crippen LogP contribution in [0, 0.1) is 0 Å². The highest BCUT2D eigenvalue weighted by Crippen LogP contribution is 2.16. The van der Waals surface area contributed by atoms with Crippen molar-refractivity contribution in [3.05, 3.63) is 60.2 Å². The molecular weight excluding hydrogens is 256 g/mol. The van der Waals surface area contributed by atoms with Crippen molar-refractivity contribution in [3.63, 3.8) is 0 Å². The number of Topliss-reactive ketones (excluding diaryl/α,β-unsaturated/α-hetero) is 1. The molecule has 0 saturated heterocycles. The monoisotopic (exact) mass is 268 g/mol. The van der Waals surface area contributed by atoms with E-state index in [0.717, 1.165) is 10.9 Å². The number of aromatic amines is 1. The van der Waals surface area contributed by atoms with Crippen molar-refractivity contribution in [1.29, 1.82) is 0 Å². The Morgan fingerprint density at radius 3 is 2.85 bits per heavy atom. The third kappa shape index (κ3) is 2.21. The molecule has 1 aromatic carbocycles. The van der Waals surface area contributed by atoms with E-state index in [1.54, 1.807) is 30.5 Å². The second-order valence-electron chi connectivity index (χ2n) is 4.33. The summed E-state index contributed by atoms with van der Waals surface area (Å²) in [5.74, 6) is -0.316. The summed E-state index contributed by atoms with van der Waals surface area (Å²) in [7, 11) is 0. The number of carbonyl (C=O) groups excluding carboxylic acids is 2. The molecule has 100 valence electrons. The fraction of sp³-hybridized carbons (Fsp3) is 0.0667. The standard InChI is InChI=1S/C15H12N2O3/c18-12(13-5-2-8-20-13)9-17-15(19)11-4-1-3-10-6-7-16-14(10)11/h1-8,16H,9H2,(H,17,19). The van der Waals surface area contributed by atoms with Crippen LogP contribution < -0.4 is 5.32 Å². The molecule has 3 rings (SSSR count). The number of carbonyl (C=O) groups is 2. The number of H-pyrrole nitrogens is 1. The van der Waals surface area contributed by atoms with Crippen LogP contribution in [0.25, 0.3) is 10.9 Å². The fourth-order valence-corrected chi connectivity index (χ4v) is 2.05. The van der Waals surface area contributed by atoms with Gasteiger partial charge in [0.2, 0.25) is 5.78 Å². The number of aromatic nitrogens is 1. The van der Waals surface area contributed by atoms with Crippen LogP contribution in [-0.2, 0) is 0 Å². The summed E-state index contributed by atoms with van der Waals surface area (Å²) in [4.78, 5) is 26.9. The maximum atomic E-state index is 12.1. The summed E-state index contributed by atoms with van der Waals surface area (Å²) in [5.41, 5.74) is 1.27. The summed E-state index contributed by atoms with van der Waals surface area (Å²) in [6, 6.07) is 10.5. The van der Waals surface area contributed by atoms with Crippen molar-refractivity contribution in [2.75, 3.05) is 6.54 Å². The molecule has 20 heavy (non-hydrogen) atoms. The number of amides is 1. The summed E-state index contributed by atoms with van der Waals surface area (Å²) >= 11 is 0. The first-order chi connectivity index (χ1) is 9.75. The molecule has 1 amide bonds. The number of hydrogen-bond acceptors (Lipinski definition) is 3. The predicted octanol–water partition coefficient (Wildman–Crippen LogP) is 2.37. The molecule has 5 nitrogen and oxygen atoms in total. The number of nitrogens with one attached hydrogen (secondary N) is 2. The van der Waals surface area contributed by atoms with Gasteiger partial charge in [0.1, 0.15) is 0 Å². The van der Waals surface area contributed by atoms with E-state index >= 15 is 0 Å². The third-order valence-electron chi connectivity index (χ3n) is 3.04. The topological polar surface area (TPSA) is 75.1 Å². The van der Waals surface area contributed by atoms with Crippen molar-refractivity contribution in [3.8, 4) is 0 Å². The van der Waals surface area contributed by atoms with Gasteiger partial charge in [0.25, 0.3) is 5.91 Å². The minimum absolute atomic E-state index is 0.0938. The van der Waals surface area contributed by atoms with Crippen LogP contribution in [0.15, 0.2) is 53.3 Å². The predicted molar refractivity (Wildman–Crippen MR) is 73.7 cm³/mol. The molecular formula is C15H12N2O3. The van der Waals surface area contributed by atoms with E-state index in [9.17, 15) is 9.59 Å².